The van der Waals surface area contributed by atoms with Crippen molar-refractivity contribution in [3.63, 3.8) is 0 Å². The molecule has 0 unspecified atom stereocenters. The average molecular weight is 499 g/mol. The number of rotatable bonds is 3. The minimum absolute atomic E-state index is 0. The van der Waals surface area contributed by atoms with Crippen molar-refractivity contribution >= 4 is 20.2 Å². The van der Waals surface area contributed by atoms with Gasteiger partial charge in [0.05, 0.1) is 20.3 Å². The predicted octanol–water partition coefficient (Wildman–Crippen LogP) is -3.53. The van der Waals surface area contributed by atoms with Gasteiger partial charge in [-0.05, 0) is 72.4 Å². The van der Waals surface area contributed by atoms with Crippen molar-refractivity contribution in [3.8, 4) is 0 Å². The molecule has 0 aliphatic heterocycles. The first-order valence-electron chi connectivity index (χ1n) is 9.31. The molecule has 2 aromatic rings. The molecule has 2 aromatic carbocycles. The maximum atomic E-state index is 12.1. The largest absolute Gasteiger partial charge is 1.00 e. The van der Waals surface area contributed by atoms with Crippen molar-refractivity contribution in [2.24, 2.45) is 0 Å². The van der Waals surface area contributed by atoms with E-state index in [4.69, 9.17) is 0 Å². The molecule has 0 spiro atoms. The Kier molecular flexibility index (Phi) is 10.0. The van der Waals surface area contributed by atoms with Gasteiger partial charge in [-0.15, -0.1) is 0 Å². The Hall–Kier alpha value is 1.53. The summed E-state index contributed by atoms with van der Waals surface area (Å²) < 4.78 is 72.6. The topological polar surface area (TPSA) is 114 Å². The van der Waals surface area contributed by atoms with Crippen molar-refractivity contribution in [2.45, 2.75) is 54.6 Å². The van der Waals surface area contributed by atoms with Gasteiger partial charge in [-0.2, -0.15) is 0 Å². The predicted molar refractivity (Wildman–Crippen MR) is 101 cm³/mol. The quantitative estimate of drug-likeness (QED) is 0.320. The van der Waals surface area contributed by atoms with Gasteiger partial charge in [0.1, 0.15) is 10.1 Å². The first-order valence-corrected chi connectivity index (χ1v) is 12.2. The third-order valence-corrected chi connectivity index (χ3v) is 8.09. The number of fused-ring (bicyclic) bond motifs is 2. The van der Waals surface area contributed by atoms with Crippen molar-refractivity contribution < 1.29 is 129 Å². The molecule has 6 nitrogen and oxygen atoms in total. The fraction of sp³-hybridized carbons (Fsp3) is 0.400. The molecule has 2 aliphatic carbocycles. The van der Waals surface area contributed by atoms with E-state index < -0.39 is 36.3 Å². The first-order chi connectivity index (χ1) is 13.2. The first kappa shape index (κ1) is 27.8. The van der Waals surface area contributed by atoms with Gasteiger partial charge in [0.2, 0.25) is 0 Å². The smallest absolute Gasteiger partial charge is 0.748 e. The number of hydrogen-bond acceptors (Lipinski definition) is 6. The molecule has 10 heteroatoms. The summed E-state index contributed by atoms with van der Waals surface area (Å²) in [6.45, 7) is 0. The molecule has 0 bridgehead atoms. The fourth-order valence-electron chi connectivity index (χ4n) is 4.78. The molecule has 30 heavy (non-hydrogen) atoms. The molecule has 2 aliphatic rings. The van der Waals surface area contributed by atoms with Gasteiger partial charge >= 0.3 is 103 Å². The summed E-state index contributed by atoms with van der Waals surface area (Å²) in [4.78, 5) is -0.400. The number of benzene rings is 2. The van der Waals surface area contributed by atoms with E-state index in [1.165, 1.54) is 6.07 Å². The van der Waals surface area contributed by atoms with E-state index in [0.717, 1.165) is 36.0 Å². The number of aryl methyl sites for hydroxylation is 2. The minimum atomic E-state index is -4.83. The van der Waals surface area contributed by atoms with Crippen LogP contribution in [0, 0.1) is 0 Å². The molecule has 0 saturated heterocycles. The monoisotopic (exact) mass is 498 g/mol. The van der Waals surface area contributed by atoms with E-state index in [9.17, 15) is 25.9 Å². The molecular formula is C20H20K2O6S2. The average Bonchev–Trinajstić information content (AvgIpc) is 2.64. The van der Waals surface area contributed by atoms with Crippen LogP contribution in [-0.2, 0) is 39.5 Å². The second-order valence-corrected chi connectivity index (χ2v) is 10.5. The van der Waals surface area contributed by atoms with Crippen LogP contribution in [0.25, 0.3) is 0 Å². The van der Waals surface area contributed by atoms with Crippen LogP contribution in [0.3, 0.4) is 0 Å². The zero-order valence-corrected chi connectivity index (χ0v) is 25.0. The molecule has 4 rings (SSSR count). The molecule has 0 radical (unpaired) electrons. The molecule has 0 amide bonds. The molecule has 0 heterocycles. The van der Waals surface area contributed by atoms with Crippen molar-refractivity contribution in [3.05, 3.63) is 64.2 Å². The Morgan fingerprint density at radius 2 is 1.47 bits per heavy atom. The minimum Gasteiger partial charge on any atom is -0.748 e. The van der Waals surface area contributed by atoms with E-state index in [2.05, 4.69) is 0 Å². The van der Waals surface area contributed by atoms with Gasteiger partial charge in [0.25, 0.3) is 0 Å². The van der Waals surface area contributed by atoms with Crippen LogP contribution in [0.15, 0.2) is 41.3 Å². The van der Waals surface area contributed by atoms with Crippen LogP contribution < -0.4 is 103 Å². The maximum absolute atomic E-state index is 12.1. The van der Waals surface area contributed by atoms with Crippen molar-refractivity contribution in [1.29, 1.82) is 0 Å². The van der Waals surface area contributed by atoms with Gasteiger partial charge in [0.15, 0.2) is 0 Å². The van der Waals surface area contributed by atoms with E-state index in [-0.39, 0.29) is 115 Å². The van der Waals surface area contributed by atoms with E-state index in [1.807, 2.05) is 12.1 Å². The van der Waals surface area contributed by atoms with Crippen molar-refractivity contribution in [2.75, 3.05) is 0 Å². The second-order valence-electron chi connectivity index (χ2n) is 7.52. The molecular weight excluding hydrogens is 479 g/mol. The number of hydrogen-bond donors (Lipinski definition) is 0. The van der Waals surface area contributed by atoms with E-state index in [0.29, 0.717) is 18.4 Å². The summed E-state index contributed by atoms with van der Waals surface area (Å²) in [5, 5.41) is -1.30. The standard InChI is InChI=1S/C20H22O6S2.2K/c21-27(22,23)17-11-9-13-5-1-3-7-15(13)19(17)20-16-8-4-2-6-14(16)10-12-18(20)28(24,25)26;;/h1,3,5,7,10,12,17,19H,2,4,6,8-9,11H2,(H,21,22,23)(H,24,25,26);;/q;2*+1/p-2/t17-,19+;;/m1../s1. The van der Waals surface area contributed by atoms with Crippen LogP contribution in [0.1, 0.15) is 53.0 Å². The van der Waals surface area contributed by atoms with Gasteiger partial charge in [-0.25, -0.2) is 16.8 Å². The van der Waals surface area contributed by atoms with Gasteiger partial charge in [0, 0.05) is 5.92 Å². The summed E-state index contributed by atoms with van der Waals surface area (Å²) in [7, 11) is -9.54. The summed E-state index contributed by atoms with van der Waals surface area (Å²) in [6, 6.07) is 10.1. The van der Waals surface area contributed by atoms with Crippen LogP contribution >= 0.6 is 0 Å². The molecule has 0 aromatic heterocycles. The fourth-order valence-corrected chi connectivity index (χ4v) is 6.55. The van der Waals surface area contributed by atoms with Gasteiger partial charge in [-0.3, -0.25) is 0 Å². The third-order valence-electron chi connectivity index (χ3n) is 5.95. The Morgan fingerprint density at radius 3 is 2.13 bits per heavy atom. The summed E-state index contributed by atoms with van der Waals surface area (Å²) in [5.41, 5.74) is 3.39. The van der Waals surface area contributed by atoms with E-state index in [1.54, 1.807) is 18.2 Å². The van der Waals surface area contributed by atoms with Crippen molar-refractivity contribution in [1.82, 2.24) is 0 Å². The Labute approximate surface area is 262 Å². The van der Waals surface area contributed by atoms with Crippen LogP contribution in [0.5, 0.6) is 0 Å². The Bertz CT molecular complexity index is 1150. The zero-order valence-electron chi connectivity index (χ0n) is 17.1. The SMILES string of the molecule is O=S(=O)([O-])c1ccc2c(c1[C@H]1c3ccccc3CC[C@H]1S(=O)(=O)[O-])CCCC2.[K+].[K+]. The van der Waals surface area contributed by atoms with Crippen LogP contribution in [-0.4, -0.2) is 31.2 Å². The van der Waals surface area contributed by atoms with E-state index >= 15 is 0 Å². The Morgan fingerprint density at radius 1 is 0.800 bits per heavy atom. The summed E-state index contributed by atoms with van der Waals surface area (Å²) >= 11 is 0. The van der Waals surface area contributed by atoms with Gasteiger partial charge < -0.3 is 9.11 Å². The zero-order chi connectivity index (χ0) is 20.1. The summed E-state index contributed by atoms with van der Waals surface area (Å²) in [6.07, 6.45) is 3.61. The molecule has 150 valence electrons. The molecule has 0 saturated carbocycles. The van der Waals surface area contributed by atoms with Crippen LogP contribution in [0.2, 0.25) is 0 Å². The second kappa shape index (κ2) is 10.9. The molecule has 2 atom stereocenters. The molecule has 0 fully saturated rings. The normalized spacial score (nSPS) is 20.9. The Balaban J connectivity index is 0.00000160. The summed E-state index contributed by atoms with van der Waals surface area (Å²) in [5.74, 6) is -0.945. The molecule has 0 N–H and O–H groups in total. The van der Waals surface area contributed by atoms with Gasteiger partial charge in [-0.1, -0.05) is 30.3 Å². The van der Waals surface area contributed by atoms with Crippen LogP contribution in [0.4, 0.5) is 0 Å². The maximum Gasteiger partial charge on any atom is 1.00 e. The third kappa shape index (κ3) is 5.60.